The van der Waals surface area contributed by atoms with Gasteiger partial charge in [-0.15, -0.1) is 0 Å². The van der Waals surface area contributed by atoms with Gasteiger partial charge in [0.05, 0.1) is 6.54 Å². The molecule has 4 nitrogen and oxygen atoms in total. The van der Waals surface area contributed by atoms with Gasteiger partial charge in [0.15, 0.2) is 0 Å². The summed E-state index contributed by atoms with van der Waals surface area (Å²) in [5.74, 6) is 5.98. The molecule has 112 valence electrons. The molecule has 0 aromatic heterocycles. The minimum Gasteiger partial charge on any atom is -0.336 e. The molecule has 1 unspecified atom stereocenters. The van der Waals surface area contributed by atoms with E-state index in [0.717, 1.165) is 36.3 Å². The van der Waals surface area contributed by atoms with E-state index in [2.05, 4.69) is 30.7 Å². The molecule has 21 heavy (non-hydrogen) atoms. The molecule has 1 amide bonds. The van der Waals surface area contributed by atoms with Crippen LogP contribution in [0.2, 0.25) is 0 Å². The Balaban J connectivity index is 2.15. The number of amides is 1. The van der Waals surface area contributed by atoms with Crippen LogP contribution in [0, 0.1) is 18.8 Å². The summed E-state index contributed by atoms with van der Waals surface area (Å²) in [4.78, 5) is 16.8. The standard InChI is InChI=1S/C17H23N3O/c1-13-11-16(7-6-15(13)5-4-8-18)17(21)20-10-9-19(3)14(2)12-20/h6-7,11,14H,8-10,12,18H2,1-3H3. The van der Waals surface area contributed by atoms with Crippen LogP contribution >= 0.6 is 0 Å². The molecule has 1 fully saturated rings. The van der Waals surface area contributed by atoms with Crippen molar-refractivity contribution >= 4 is 5.91 Å². The number of hydrogen-bond donors (Lipinski definition) is 1. The first-order chi connectivity index (χ1) is 10.0. The monoisotopic (exact) mass is 285 g/mol. The average Bonchev–Trinajstić information content (AvgIpc) is 2.48. The van der Waals surface area contributed by atoms with Crippen molar-refractivity contribution in [1.82, 2.24) is 9.80 Å². The second kappa shape index (κ2) is 6.75. The van der Waals surface area contributed by atoms with Gasteiger partial charge in [0.25, 0.3) is 5.91 Å². The third-order valence-corrected chi connectivity index (χ3v) is 4.05. The number of carbonyl (C=O) groups excluding carboxylic acids is 1. The SMILES string of the molecule is Cc1cc(C(=O)N2CCN(C)C(C)C2)ccc1C#CCN. The molecule has 0 aliphatic carbocycles. The fourth-order valence-corrected chi connectivity index (χ4v) is 2.50. The van der Waals surface area contributed by atoms with Crippen molar-refractivity contribution < 1.29 is 4.79 Å². The van der Waals surface area contributed by atoms with Crippen LogP contribution in [0.5, 0.6) is 0 Å². The predicted octanol–water partition coefficient (Wildman–Crippen LogP) is 1.08. The van der Waals surface area contributed by atoms with E-state index in [-0.39, 0.29) is 5.91 Å². The van der Waals surface area contributed by atoms with Crippen LogP contribution in [0.15, 0.2) is 18.2 Å². The van der Waals surface area contributed by atoms with Crippen LogP contribution in [0.1, 0.15) is 28.4 Å². The summed E-state index contributed by atoms with van der Waals surface area (Å²) in [7, 11) is 2.10. The number of piperazine rings is 1. The molecule has 4 heteroatoms. The van der Waals surface area contributed by atoms with E-state index in [4.69, 9.17) is 5.73 Å². The molecule has 1 aromatic carbocycles. The molecule has 0 saturated carbocycles. The predicted molar refractivity (Wildman–Crippen MR) is 85.1 cm³/mol. The third-order valence-electron chi connectivity index (χ3n) is 4.05. The zero-order valence-corrected chi connectivity index (χ0v) is 13.0. The number of aryl methyl sites for hydroxylation is 1. The van der Waals surface area contributed by atoms with Crippen molar-refractivity contribution in [2.45, 2.75) is 19.9 Å². The van der Waals surface area contributed by atoms with Gasteiger partial charge in [0, 0.05) is 36.8 Å². The molecular weight excluding hydrogens is 262 g/mol. The number of hydrogen-bond acceptors (Lipinski definition) is 3. The highest BCUT2D eigenvalue weighted by Crippen LogP contribution is 2.15. The third kappa shape index (κ3) is 3.63. The van der Waals surface area contributed by atoms with Gasteiger partial charge in [-0.2, -0.15) is 0 Å². The Kier molecular flexibility index (Phi) is 5.00. The summed E-state index contributed by atoms with van der Waals surface area (Å²) >= 11 is 0. The Bertz CT molecular complexity index is 585. The van der Waals surface area contributed by atoms with Crippen LogP contribution < -0.4 is 5.73 Å². The Morgan fingerprint density at radius 3 is 2.81 bits per heavy atom. The van der Waals surface area contributed by atoms with Gasteiger partial charge in [0.1, 0.15) is 0 Å². The van der Waals surface area contributed by atoms with Gasteiger partial charge in [-0.3, -0.25) is 4.79 Å². The summed E-state index contributed by atoms with van der Waals surface area (Å²) in [6.45, 7) is 6.96. The highest BCUT2D eigenvalue weighted by Gasteiger charge is 2.25. The summed E-state index contributed by atoms with van der Waals surface area (Å²) in [6.07, 6.45) is 0. The maximum atomic E-state index is 12.6. The van der Waals surface area contributed by atoms with E-state index in [0.29, 0.717) is 12.6 Å². The lowest BCUT2D eigenvalue weighted by atomic mass is 10.0. The summed E-state index contributed by atoms with van der Waals surface area (Å²) in [6, 6.07) is 6.09. The highest BCUT2D eigenvalue weighted by atomic mass is 16.2. The second-order valence-corrected chi connectivity index (χ2v) is 5.62. The average molecular weight is 285 g/mol. The van der Waals surface area contributed by atoms with E-state index < -0.39 is 0 Å². The fraction of sp³-hybridized carbons (Fsp3) is 0.471. The summed E-state index contributed by atoms with van der Waals surface area (Å²) < 4.78 is 0. The smallest absolute Gasteiger partial charge is 0.253 e. The lowest BCUT2D eigenvalue weighted by Gasteiger charge is -2.37. The number of benzene rings is 1. The largest absolute Gasteiger partial charge is 0.336 e. The lowest BCUT2D eigenvalue weighted by Crippen LogP contribution is -2.52. The van der Waals surface area contributed by atoms with Gasteiger partial charge in [-0.1, -0.05) is 11.8 Å². The minimum atomic E-state index is 0.108. The van der Waals surface area contributed by atoms with Crippen LogP contribution in [-0.4, -0.2) is 55.0 Å². The Morgan fingerprint density at radius 2 is 2.19 bits per heavy atom. The Hall–Kier alpha value is -1.83. The van der Waals surface area contributed by atoms with Crippen molar-refractivity contribution in [2.24, 2.45) is 5.73 Å². The van der Waals surface area contributed by atoms with Crippen LogP contribution in [0.25, 0.3) is 0 Å². The van der Waals surface area contributed by atoms with Crippen molar-refractivity contribution in [3.63, 3.8) is 0 Å². The molecule has 1 atom stereocenters. The van der Waals surface area contributed by atoms with Crippen LogP contribution in [0.4, 0.5) is 0 Å². The van der Waals surface area contributed by atoms with E-state index >= 15 is 0 Å². The molecule has 2 rings (SSSR count). The van der Waals surface area contributed by atoms with E-state index in [1.807, 2.05) is 30.0 Å². The Labute approximate surface area is 126 Å². The van der Waals surface area contributed by atoms with Gasteiger partial charge in [-0.25, -0.2) is 0 Å². The molecule has 0 radical (unpaired) electrons. The minimum absolute atomic E-state index is 0.108. The molecule has 1 heterocycles. The molecule has 1 aliphatic heterocycles. The Morgan fingerprint density at radius 1 is 1.43 bits per heavy atom. The first kappa shape index (κ1) is 15.6. The van der Waals surface area contributed by atoms with Gasteiger partial charge < -0.3 is 15.5 Å². The summed E-state index contributed by atoms with van der Waals surface area (Å²) in [5, 5.41) is 0. The zero-order chi connectivity index (χ0) is 15.4. The first-order valence-corrected chi connectivity index (χ1v) is 7.32. The molecule has 0 bridgehead atoms. The maximum absolute atomic E-state index is 12.6. The molecule has 1 aromatic rings. The van der Waals surface area contributed by atoms with E-state index in [1.165, 1.54) is 0 Å². The van der Waals surface area contributed by atoms with Gasteiger partial charge in [0.2, 0.25) is 0 Å². The van der Waals surface area contributed by atoms with E-state index in [9.17, 15) is 4.79 Å². The number of carbonyl (C=O) groups is 1. The number of likely N-dealkylation sites (N-methyl/N-ethyl adjacent to an activating group) is 1. The second-order valence-electron chi connectivity index (χ2n) is 5.62. The zero-order valence-electron chi connectivity index (χ0n) is 13.0. The van der Waals surface area contributed by atoms with Crippen LogP contribution in [0.3, 0.4) is 0 Å². The van der Waals surface area contributed by atoms with E-state index in [1.54, 1.807) is 0 Å². The fourth-order valence-electron chi connectivity index (χ4n) is 2.50. The molecule has 2 N–H and O–H groups in total. The molecule has 1 saturated heterocycles. The van der Waals surface area contributed by atoms with Crippen molar-refractivity contribution in [2.75, 3.05) is 33.2 Å². The van der Waals surface area contributed by atoms with Gasteiger partial charge in [-0.05, 0) is 44.7 Å². The van der Waals surface area contributed by atoms with Gasteiger partial charge >= 0.3 is 0 Å². The molecular formula is C17H23N3O. The topological polar surface area (TPSA) is 49.6 Å². The van der Waals surface area contributed by atoms with Crippen LogP contribution in [-0.2, 0) is 0 Å². The first-order valence-electron chi connectivity index (χ1n) is 7.32. The molecule has 0 spiro atoms. The summed E-state index contributed by atoms with van der Waals surface area (Å²) in [5.41, 5.74) is 8.08. The lowest BCUT2D eigenvalue weighted by molar-refractivity contribution is 0.0572. The van der Waals surface area contributed by atoms with Crippen molar-refractivity contribution in [3.05, 3.63) is 34.9 Å². The highest BCUT2D eigenvalue weighted by molar-refractivity contribution is 5.94. The molecule has 1 aliphatic rings. The quantitative estimate of drug-likeness (QED) is 0.786. The number of nitrogens with two attached hydrogens (primary N) is 1. The number of rotatable bonds is 1. The maximum Gasteiger partial charge on any atom is 0.253 e. The normalized spacial score (nSPS) is 19.0. The number of nitrogens with zero attached hydrogens (tertiary/aromatic N) is 2. The van der Waals surface area contributed by atoms with Crippen molar-refractivity contribution in [1.29, 1.82) is 0 Å². The van der Waals surface area contributed by atoms with Crippen molar-refractivity contribution in [3.8, 4) is 11.8 Å².